The SMILES string of the molecule is CCCOC(=O)NCCCCCCN=C=NCCCCCCn1c(=O)n(CCCCCCN=C=NCCCCCCNC(=O)OCCC)c(=O)n(CCCCCCN=C=NCCCCCCNC(=O)OCCC)c1=O. The van der Waals surface area contributed by atoms with Gasteiger partial charge in [-0.25, -0.2) is 72.4 Å². The number of amides is 3. The van der Waals surface area contributed by atoms with Crippen molar-refractivity contribution in [2.24, 2.45) is 30.0 Å². The monoisotopic (exact) mass is 1060 g/mol. The first kappa shape index (κ1) is 67.4. The Morgan fingerprint density at radius 2 is 0.560 bits per heavy atom. The fourth-order valence-corrected chi connectivity index (χ4v) is 7.47. The molecule has 75 heavy (non-hydrogen) atoms. The lowest BCUT2D eigenvalue weighted by molar-refractivity contribution is 0.145. The van der Waals surface area contributed by atoms with Crippen LogP contribution < -0.4 is 33.0 Å². The van der Waals surface area contributed by atoms with Crippen molar-refractivity contribution in [3.63, 3.8) is 0 Å². The average Bonchev–Trinajstić information content (AvgIpc) is 3.40. The van der Waals surface area contributed by atoms with Gasteiger partial charge in [0.05, 0.1) is 37.8 Å². The molecule has 0 aromatic carbocycles. The van der Waals surface area contributed by atoms with E-state index in [4.69, 9.17) is 14.2 Å². The Balaban J connectivity index is 2.58. The molecule has 0 saturated carbocycles. The Bertz CT molecular complexity index is 1760. The molecule has 0 aliphatic rings. The van der Waals surface area contributed by atoms with E-state index in [0.29, 0.717) is 98.0 Å². The molecule has 1 aromatic heterocycles. The Hall–Kier alpha value is -5.64. The molecule has 1 rings (SSSR count). The number of nitrogens with zero attached hydrogens (tertiary/aromatic N) is 9. The number of hydrogen-bond acceptors (Lipinski definition) is 15. The molecule has 3 amide bonds. The molecule has 0 atom stereocenters. The van der Waals surface area contributed by atoms with Crippen molar-refractivity contribution >= 4 is 36.3 Å². The third kappa shape index (κ3) is 39.4. The molecule has 21 nitrogen and oxygen atoms in total. The van der Waals surface area contributed by atoms with Crippen LogP contribution in [0.25, 0.3) is 0 Å². The second-order valence-corrected chi connectivity index (χ2v) is 18.6. The first-order valence-corrected chi connectivity index (χ1v) is 28.7. The van der Waals surface area contributed by atoms with E-state index in [1.165, 1.54) is 13.7 Å². The Morgan fingerprint density at radius 1 is 0.347 bits per heavy atom. The van der Waals surface area contributed by atoms with Gasteiger partial charge in [0.1, 0.15) is 0 Å². The summed E-state index contributed by atoms with van der Waals surface area (Å²) in [5.41, 5.74) is -1.64. The van der Waals surface area contributed by atoms with Crippen LogP contribution in [0.5, 0.6) is 0 Å². The van der Waals surface area contributed by atoms with E-state index in [0.717, 1.165) is 154 Å². The lowest BCUT2D eigenvalue weighted by Gasteiger charge is -2.14. The van der Waals surface area contributed by atoms with Crippen molar-refractivity contribution < 1.29 is 28.6 Å². The Labute approximate surface area is 447 Å². The molecule has 0 unspecified atom stereocenters. The van der Waals surface area contributed by atoms with Gasteiger partial charge < -0.3 is 30.2 Å². The maximum atomic E-state index is 13.7. The molecule has 0 radical (unpaired) electrons. The van der Waals surface area contributed by atoms with Crippen LogP contribution in [-0.2, 0) is 33.8 Å². The quantitative estimate of drug-likeness (QED) is 0.0319. The first-order chi connectivity index (χ1) is 36.8. The van der Waals surface area contributed by atoms with Crippen molar-refractivity contribution in [3.05, 3.63) is 31.5 Å². The predicted molar refractivity (Wildman–Crippen MR) is 298 cm³/mol. The van der Waals surface area contributed by atoms with Gasteiger partial charge in [0.15, 0.2) is 0 Å². The number of carbonyl (C=O) groups excluding carboxylic acids is 3. The maximum Gasteiger partial charge on any atom is 0.407 e. The largest absolute Gasteiger partial charge is 0.450 e. The fourth-order valence-electron chi connectivity index (χ4n) is 7.47. The van der Waals surface area contributed by atoms with Gasteiger partial charge in [-0.15, -0.1) is 0 Å². The van der Waals surface area contributed by atoms with Crippen molar-refractivity contribution in [2.75, 3.05) is 78.7 Å². The van der Waals surface area contributed by atoms with Gasteiger partial charge in [0, 0.05) is 78.5 Å². The van der Waals surface area contributed by atoms with E-state index in [9.17, 15) is 28.8 Å². The summed E-state index contributed by atoms with van der Waals surface area (Å²) in [5.74, 6) is 0. The summed E-state index contributed by atoms with van der Waals surface area (Å²) in [6.45, 7) is 13.5. The summed E-state index contributed by atoms with van der Waals surface area (Å²) in [6.07, 6.45) is 22.3. The van der Waals surface area contributed by atoms with Gasteiger partial charge in [-0.05, 0) is 96.3 Å². The lowest BCUT2D eigenvalue weighted by Crippen LogP contribution is -2.54. The van der Waals surface area contributed by atoms with Gasteiger partial charge in [0.25, 0.3) is 0 Å². The van der Waals surface area contributed by atoms with Crippen molar-refractivity contribution in [1.29, 1.82) is 0 Å². The summed E-state index contributed by atoms with van der Waals surface area (Å²) < 4.78 is 18.7. The number of aromatic nitrogens is 3. The standard InChI is InChI=1S/C54H96N12O9/c1-4-43-73-49(67)61-37-25-10-7-19-31-55-46-58-34-22-13-16-28-40-64-52(70)65(41-29-17-14-23-35-59-47-56-32-20-8-11-26-38-62-50(68)74-44-5-2)54(72)66(53(64)71)42-30-18-15-24-36-60-48-57-33-21-9-12-27-39-63-51(69)75-45-6-3/h4-45H2,1-3H3,(H,61,67)(H,62,68)(H,63,69). The van der Waals surface area contributed by atoms with Gasteiger partial charge >= 0.3 is 35.3 Å². The minimum absolute atomic E-state index is 0.240. The molecule has 21 heteroatoms. The highest BCUT2D eigenvalue weighted by molar-refractivity contribution is 5.67. The Morgan fingerprint density at radius 3 is 0.787 bits per heavy atom. The van der Waals surface area contributed by atoms with Crippen LogP contribution in [0.2, 0.25) is 0 Å². The molecule has 0 aliphatic carbocycles. The van der Waals surface area contributed by atoms with Gasteiger partial charge in [0.2, 0.25) is 0 Å². The van der Waals surface area contributed by atoms with Crippen LogP contribution in [-0.4, -0.2) is 129 Å². The average molecular weight is 1060 g/mol. The molecule has 1 heterocycles. The highest BCUT2D eigenvalue weighted by Gasteiger charge is 2.15. The molecular formula is C54H96N12O9. The van der Waals surface area contributed by atoms with Crippen LogP contribution in [0.4, 0.5) is 14.4 Å². The third-order valence-electron chi connectivity index (χ3n) is 11.7. The minimum atomic E-state index is -0.548. The topological polar surface area (TPSA) is 255 Å². The predicted octanol–water partition coefficient (Wildman–Crippen LogP) is 9.46. The van der Waals surface area contributed by atoms with Crippen LogP contribution in [0.1, 0.15) is 194 Å². The van der Waals surface area contributed by atoms with Gasteiger partial charge in [-0.1, -0.05) is 97.8 Å². The number of rotatable bonds is 48. The van der Waals surface area contributed by atoms with Gasteiger partial charge in [-0.2, -0.15) is 0 Å². The minimum Gasteiger partial charge on any atom is -0.450 e. The molecule has 426 valence electrons. The first-order valence-electron chi connectivity index (χ1n) is 28.7. The number of ether oxygens (including phenoxy) is 3. The van der Waals surface area contributed by atoms with Crippen molar-refractivity contribution in [1.82, 2.24) is 29.7 Å². The van der Waals surface area contributed by atoms with Crippen molar-refractivity contribution in [2.45, 2.75) is 214 Å². The highest BCUT2D eigenvalue weighted by Crippen LogP contribution is 2.06. The summed E-state index contributed by atoms with van der Waals surface area (Å²) in [6, 6.07) is 8.37. The number of alkyl carbamates (subject to hydrolysis) is 3. The van der Waals surface area contributed by atoms with E-state index in [1.807, 2.05) is 20.8 Å². The molecule has 0 fully saturated rings. The number of unbranched alkanes of at least 4 members (excludes halogenated alkanes) is 18. The highest BCUT2D eigenvalue weighted by atomic mass is 16.6. The third-order valence-corrected chi connectivity index (χ3v) is 11.7. The number of nitrogens with one attached hydrogen (secondary N) is 3. The zero-order valence-electron chi connectivity index (χ0n) is 46.4. The molecule has 1 aromatic rings. The smallest absolute Gasteiger partial charge is 0.407 e. The number of carbonyl (C=O) groups is 3. The van der Waals surface area contributed by atoms with E-state index in [1.54, 1.807) is 0 Å². The molecular weight excluding hydrogens is 961 g/mol. The molecule has 0 spiro atoms. The number of hydrogen-bond donors (Lipinski definition) is 3. The van der Waals surface area contributed by atoms with Crippen LogP contribution in [0, 0.1) is 0 Å². The second kappa shape index (κ2) is 50.5. The Kier molecular flexibility index (Phi) is 45.4. The molecule has 0 saturated heterocycles. The van der Waals surface area contributed by atoms with Crippen LogP contribution >= 0.6 is 0 Å². The maximum absolute atomic E-state index is 13.7. The molecule has 3 N–H and O–H groups in total. The zero-order valence-corrected chi connectivity index (χ0v) is 46.4. The van der Waals surface area contributed by atoms with Crippen LogP contribution in [0.3, 0.4) is 0 Å². The number of aliphatic imine (C=N–C) groups is 6. The summed E-state index contributed by atoms with van der Waals surface area (Å²) in [5, 5.41) is 8.26. The molecule has 0 bridgehead atoms. The summed E-state index contributed by atoms with van der Waals surface area (Å²) >= 11 is 0. The van der Waals surface area contributed by atoms with E-state index in [-0.39, 0.29) is 37.9 Å². The van der Waals surface area contributed by atoms with Crippen molar-refractivity contribution in [3.8, 4) is 0 Å². The van der Waals surface area contributed by atoms with E-state index < -0.39 is 17.1 Å². The molecule has 0 aliphatic heterocycles. The fraction of sp³-hybridized carbons (Fsp3) is 0.833. The normalized spacial score (nSPS) is 10.6. The van der Waals surface area contributed by atoms with Crippen LogP contribution in [0.15, 0.2) is 44.3 Å². The summed E-state index contributed by atoms with van der Waals surface area (Å²) in [4.78, 5) is 101. The van der Waals surface area contributed by atoms with Gasteiger partial charge in [-0.3, -0.25) is 0 Å². The zero-order chi connectivity index (χ0) is 54.5. The summed E-state index contributed by atoms with van der Waals surface area (Å²) in [7, 11) is 0. The van der Waals surface area contributed by atoms with E-state index >= 15 is 0 Å². The lowest BCUT2D eigenvalue weighted by atomic mass is 10.2. The second-order valence-electron chi connectivity index (χ2n) is 18.6. The van der Waals surface area contributed by atoms with E-state index in [2.05, 4.69) is 63.9 Å².